The van der Waals surface area contributed by atoms with Crippen LogP contribution >= 0.6 is 0 Å². The second kappa shape index (κ2) is 4.93. The predicted molar refractivity (Wildman–Crippen MR) is 64.0 cm³/mol. The number of aryl methyl sites for hydroxylation is 2. The zero-order valence-corrected chi connectivity index (χ0v) is 10.0. The van der Waals surface area contributed by atoms with Crippen LogP contribution < -0.4 is 5.32 Å². The molecule has 1 aliphatic rings. The van der Waals surface area contributed by atoms with Crippen molar-refractivity contribution in [3.8, 4) is 0 Å². The number of piperazine rings is 1. The fourth-order valence-corrected chi connectivity index (χ4v) is 2.26. The first-order chi connectivity index (χ1) is 7.66. The standard InChI is InChI=1S/C13H19FN2/c1-10-7-11(2)13(14)12(8-10)9-16-5-3-15-4-6-16/h7-8,15H,3-6,9H2,1-2H3. The summed E-state index contributed by atoms with van der Waals surface area (Å²) in [5.74, 6) is -0.0378. The van der Waals surface area contributed by atoms with Gasteiger partial charge >= 0.3 is 0 Å². The van der Waals surface area contributed by atoms with Crippen LogP contribution in [0.1, 0.15) is 16.7 Å². The highest BCUT2D eigenvalue weighted by Crippen LogP contribution is 2.17. The monoisotopic (exact) mass is 222 g/mol. The van der Waals surface area contributed by atoms with Gasteiger partial charge in [0.2, 0.25) is 0 Å². The van der Waals surface area contributed by atoms with Gasteiger partial charge < -0.3 is 5.32 Å². The van der Waals surface area contributed by atoms with Gasteiger partial charge in [-0.2, -0.15) is 0 Å². The Morgan fingerprint density at radius 1 is 1.25 bits per heavy atom. The molecule has 2 nitrogen and oxygen atoms in total. The molecule has 0 atom stereocenters. The van der Waals surface area contributed by atoms with Crippen LogP contribution in [0.5, 0.6) is 0 Å². The molecule has 3 heteroatoms. The molecule has 0 aliphatic carbocycles. The van der Waals surface area contributed by atoms with Crippen molar-refractivity contribution in [2.45, 2.75) is 20.4 Å². The summed E-state index contributed by atoms with van der Waals surface area (Å²) in [7, 11) is 0. The first kappa shape index (κ1) is 11.6. The van der Waals surface area contributed by atoms with E-state index < -0.39 is 0 Å². The van der Waals surface area contributed by atoms with Gasteiger partial charge in [-0.3, -0.25) is 4.90 Å². The van der Waals surface area contributed by atoms with Gasteiger partial charge in [0.25, 0.3) is 0 Å². The van der Waals surface area contributed by atoms with Gasteiger partial charge in [-0.25, -0.2) is 4.39 Å². The zero-order chi connectivity index (χ0) is 11.5. The van der Waals surface area contributed by atoms with Gasteiger partial charge in [-0.15, -0.1) is 0 Å². The third kappa shape index (κ3) is 2.60. The third-order valence-electron chi connectivity index (χ3n) is 3.08. The molecular weight excluding hydrogens is 203 g/mol. The fraction of sp³-hybridized carbons (Fsp3) is 0.538. The summed E-state index contributed by atoms with van der Waals surface area (Å²) in [6, 6.07) is 3.86. The quantitative estimate of drug-likeness (QED) is 0.821. The Hall–Kier alpha value is -0.930. The molecule has 0 radical (unpaired) electrons. The van der Waals surface area contributed by atoms with Crippen LogP contribution in [0, 0.1) is 19.7 Å². The van der Waals surface area contributed by atoms with Crippen LogP contribution in [-0.2, 0) is 6.54 Å². The highest BCUT2D eigenvalue weighted by molar-refractivity contribution is 5.30. The van der Waals surface area contributed by atoms with Crippen molar-refractivity contribution >= 4 is 0 Å². The smallest absolute Gasteiger partial charge is 0.130 e. The Morgan fingerprint density at radius 3 is 2.62 bits per heavy atom. The van der Waals surface area contributed by atoms with E-state index in [1.807, 2.05) is 26.0 Å². The van der Waals surface area contributed by atoms with Crippen molar-refractivity contribution in [3.05, 3.63) is 34.6 Å². The van der Waals surface area contributed by atoms with Gasteiger partial charge in [0.15, 0.2) is 0 Å². The summed E-state index contributed by atoms with van der Waals surface area (Å²) in [6.45, 7) is 8.62. The Kier molecular flexibility index (Phi) is 3.56. The van der Waals surface area contributed by atoms with Crippen LogP contribution in [0.25, 0.3) is 0 Å². The van der Waals surface area contributed by atoms with E-state index in [9.17, 15) is 4.39 Å². The Bertz CT molecular complexity index is 370. The van der Waals surface area contributed by atoms with E-state index in [1.165, 1.54) is 0 Å². The molecule has 1 saturated heterocycles. The lowest BCUT2D eigenvalue weighted by molar-refractivity contribution is 0.230. The largest absolute Gasteiger partial charge is 0.314 e. The molecular formula is C13H19FN2. The van der Waals surface area contributed by atoms with E-state index in [0.717, 1.165) is 49.4 Å². The Balaban J connectivity index is 2.13. The normalized spacial score (nSPS) is 17.7. The lowest BCUT2D eigenvalue weighted by Gasteiger charge is -2.27. The van der Waals surface area contributed by atoms with E-state index in [0.29, 0.717) is 0 Å². The zero-order valence-electron chi connectivity index (χ0n) is 10.0. The van der Waals surface area contributed by atoms with Crippen molar-refractivity contribution in [2.75, 3.05) is 26.2 Å². The molecule has 0 unspecified atom stereocenters. The second-order valence-electron chi connectivity index (χ2n) is 4.58. The fourth-order valence-electron chi connectivity index (χ4n) is 2.26. The highest BCUT2D eigenvalue weighted by atomic mass is 19.1. The first-order valence-electron chi connectivity index (χ1n) is 5.85. The van der Waals surface area contributed by atoms with Crippen molar-refractivity contribution in [3.63, 3.8) is 0 Å². The van der Waals surface area contributed by atoms with Gasteiger partial charge in [-0.05, 0) is 19.4 Å². The average molecular weight is 222 g/mol. The Morgan fingerprint density at radius 2 is 1.94 bits per heavy atom. The molecule has 1 aromatic carbocycles. The minimum atomic E-state index is -0.0378. The van der Waals surface area contributed by atoms with Crippen molar-refractivity contribution in [1.82, 2.24) is 10.2 Å². The maximum atomic E-state index is 13.9. The first-order valence-corrected chi connectivity index (χ1v) is 5.85. The lowest BCUT2D eigenvalue weighted by atomic mass is 10.1. The molecule has 0 spiro atoms. The number of benzene rings is 1. The molecule has 1 heterocycles. The SMILES string of the molecule is Cc1cc(C)c(F)c(CN2CCNCC2)c1. The number of hydrogen-bond acceptors (Lipinski definition) is 2. The molecule has 0 amide bonds. The van der Waals surface area contributed by atoms with Gasteiger partial charge in [0.05, 0.1) is 0 Å². The predicted octanol–water partition coefficient (Wildman–Crippen LogP) is 1.85. The molecule has 2 rings (SSSR count). The van der Waals surface area contributed by atoms with Crippen molar-refractivity contribution < 1.29 is 4.39 Å². The van der Waals surface area contributed by atoms with E-state index in [2.05, 4.69) is 10.2 Å². The lowest BCUT2D eigenvalue weighted by Crippen LogP contribution is -2.43. The number of halogens is 1. The number of nitrogens with zero attached hydrogens (tertiary/aromatic N) is 1. The van der Waals surface area contributed by atoms with Crippen LogP contribution in [0.4, 0.5) is 4.39 Å². The topological polar surface area (TPSA) is 15.3 Å². The summed E-state index contributed by atoms with van der Waals surface area (Å²) in [5, 5.41) is 3.30. The van der Waals surface area contributed by atoms with Gasteiger partial charge in [-0.1, -0.05) is 17.7 Å². The summed E-state index contributed by atoms with van der Waals surface area (Å²) in [5.41, 5.74) is 2.73. The minimum absolute atomic E-state index is 0.0378. The highest BCUT2D eigenvalue weighted by Gasteiger charge is 2.13. The number of rotatable bonds is 2. The molecule has 0 aromatic heterocycles. The average Bonchev–Trinajstić information content (AvgIpc) is 2.27. The third-order valence-corrected chi connectivity index (χ3v) is 3.08. The summed E-state index contributed by atoms with van der Waals surface area (Å²) in [6.07, 6.45) is 0. The van der Waals surface area contributed by atoms with Gasteiger partial charge in [0, 0.05) is 38.3 Å². The summed E-state index contributed by atoms with van der Waals surface area (Å²) < 4.78 is 13.9. The number of hydrogen-bond donors (Lipinski definition) is 1. The molecule has 1 N–H and O–H groups in total. The van der Waals surface area contributed by atoms with Crippen molar-refractivity contribution in [1.29, 1.82) is 0 Å². The van der Waals surface area contributed by atoms with Crippen LogP contribution in [-0.4, -0.2) is 31.1 Å². The van der Waals surface area contributed by atoms with Crippen LogP contribution in [0.2, 0.25) is 0 Å². The van der Waals surface area contributed by atoms with E-state index in [-0.39, 0.29) is 5.82 Å². The number of nitrogens with one attached hydrogen (secondary N) is 1. The maximum absolute atomic E-state index is 13.9. The van der Waals surface area contributed by atoms with E-state index in [4.69, 9.17) is 0 Å². The molecule has 0 bridgehead atoms. The molecule has 1 fully saturated rings. The van der Waals surface area contributed by atoms with Gasteiger partial charge in [0.1, 0.15) is 5.82 Å². The second-order valence-corrected chi connectivity index (χ2v) is 4.58. The van der Waals surface area contributed by atoms with E-state index in [1.54, 1.807) is 0 Å². The van der Waals surface area contributed by atoms with Crippen LogP contribution in [0.15, 0.2) is 12.1 Å². The molecule has 88 valence electrons. The van der Waals surface area contributed by atoms with Crippen molar-refractivity contribution in [2.24, 2.45) is 0 Å². The Labute approximate surface area is 96.5 Å². The summed E-state index contributed by atoms with van der Waals surface area (Å²) >= 11 is 0. The molecule has 16 heavy (non-hydrogen) atoms. The minimum Gasteiger partial charge on any atom is -0.314 e. The summed E-state index contributed by atoms with van der Waals surface area (Å²) in [4.78, 5) is 2.30. The molecule has 1 aliphatic heterocycles. The van der Waals surface area contributed by atoms with E-state index >= 15 is 0 Å². The maximum Gasteiger partial charge on any atom is 0.130 e. The molecule has 0 saturated carbocycles. The molecule has 1 aromatic rings. The van der Waals surface area contributed by atoms with Crippen LogP contribution in [0.3, 0.4) is 0 Å².